The van der Waals surface area contributed by atoms with E-state index in [0.717, 1.165) is 5.56 Å². The van der Waals surface area contributed by atoms with Gasteiger partial charge in [0.25, 0.3) is 0 Å². The fourth-order valence-corrected chi connectivity index (χ4v) is 3.15. The number of hydrogen-bond acceptors (Lipinski definition) is 6. The molecule has 134 valence electrons. The third-order valence-electron chi connectivity index (χ3n) is 3.52. The number of carbonyl (C=O) groups is 1. The van der Waals surface area contributed by atoms with E-state index in [1.807, 2.05) is 4.57 Å². The second-order valence-corrected chi connectivity index (χ2v) is 6.20. The van der Waals surface area contributed by atoms with Crippen molar-refractivity contribution in [2.75, 3.05) is 7.11 Å². The van der Waals surface area contributed by atoms with Crippen LogP contribution >= 0.6 is 11.8 Å². The molecule has 1 aromatic carbocycles. The summed E-state index contributed by atoms with van der Waals surface area (Å²) < 4.78 is 25.1. The Morgan fingerprint density at radius 1 is 1.31 bits per heavy atom. The van der Waals surface area contributed by atoms with Gasteiger partial charge < -0.3 is 9.15 Å². The molecule has 0 radical (unpaired) electrons. The molecule has 3 rings (SSSR count). The zero-order chi connectivity index (χ0) is 18.5. The summed E-state index contributed by atoms with van der Waals surface area (Å²) in [5, 5.41) is 9.09. The lowest BCUT2D eigenvalue weighted by Gasteiger charge is -2.07. The van der Waals surface area contributed by atoms with E-state index in [1.165, 1.54) is 31.0 Å². The van der Waals surface area contributed by atoms with Crippen LogP contribution in [0.4, 0.5) is 4.39 Å². The highest BCUT2D eigenvalue weighted by molar-refractivity contribution is 7.98. The molecule has 0 N–H and O–H groups in total. The topological polar surface area (TPSA) is 70.2 Å². The number of allylic oxidation sites excluding steroid dienone is 1. The molecular weight excluding hydrogens is 357 g/mol. The molecule has 2 heterocycles. The Labute approximate surface area is 153 Å². The summed E-state index contributed by atoms with van der Waals surface area (Å²) in [6, 6.07) is 9.36. The normalized spacial score (nSPS) is 10.7. The molecule has 0 amide bonds. The molecule has 2 aromatic heterocycles. The van der Waals surface area contributed by atoms with Gasteiger partial charge in [-0.2, -0.15) is 0 Å². The maximum atomic E-state index is 13.1. The molecule has 0 aliphatic heterocycles. The van der Waals surface area contributed by atoms with Crippen LogP contribution in [0.2, 0.25) is 0 Å². The average molecular weight is 373 g/mol. The zero-order valence-corrected chi connectivity index (χ0v) is 14.8. The van der Waals surface area contributed by atoms with Gasteiger partial charge in [-0.05, 0) is 36.4 Å². The maximum Gasteiger partial charge on any atom is 0.373 e. The standard InChI is InChI=1S/C18H16FN3O3S/c1-3-10-22-16(12-4-6-13(19)7-5-12)20-21-18(22)26-11-14-8-9-15(25-14)17(23)24-2/h3-9H,1,10-11H2,2H3. The van der Waals surface area contributed by atoms with Gasteiger partial charge in [-0.15, -0.1) is 16.8 Å². The molecule has 0 fully saturated rings. The van der Waals surface area contributed by atoms with Crippen molar-refractivity contribution < 1.29 is 18.3 Å². The van der Waals surface area contributed by atoms with E-state index in [4.69, 9.17) is 4.42 Å². The molecule has 26 heavy (non-hydrogen) atoms. The van der Waals surface area contributed by atoms with Crippen LogP contribution in [0, 0.1) is 5.82 Å². The molecule has 0 atom stereocenters. The highest BCUT2D eigenvalue weighted by atomic mass is 32.2. The minimum atomic E-state index is -0.519. The van der Waals surface area contributed by atoms with Gasteiger partial charge >= 0.3 is 5.97 Å². The molecule has 0 aliphatic rings. The van der Waals surface area contributed by atoms with Crippen molar-refractivity contribution >= 4 is 17.7 Å². The lowest BCUT2D eigenvalue weighted by atomic mass is 10.2. The molecule has 0 saturated heterocycles. The number of furan rings is 1. The van der Waals surface area contributed by atoms with Crippen LogP contribution in [-0.2, 0) is 17.0 Å². The first-order valence-electron chi connectivity index (χ1n) is 7.72. The van der Waals surface area contributed by atoms with Gasteiger partial charge in [0.2, 0.25) is 5.76 Å². The number of aromatic nitrogens is 3. The molecule has 0 bridgehead atoms. The van der Waals surface area contributed by atoms with Crippen molar-refractivity contribution in [3.05, 3.63) is 66.4 Å². The number of methoxy groups -OCH3 is 1. The minimum Gasteiger partial charge on any atom is -0.463 e. The lowest BCUT2D eigenvalue weighted by Crippen LogP contribution is -2.00. The van der Waals surface area contributed by atoms with E-state index in [-0.39, 0.29) is 11.6 Å². The second-order valence-electron chi connectivity index (χ2n) is 5.26. The van der Waals surface area contributed by atoms with Gasteiger partial charge in [0.1, 0.15) is 11.6 Å². The number of benzene rings is 1. The maximum absolute atomic E-state index is 13.1. The van der Waals surface area contributed by atoms with Gasteiger partial charge in [0, 0.05) is 12.1 Å². The minimum absolute atomic E-state index is 0.155. The highest BCUT2D eigenvalue weighted by Crippen LogP contribution is 2.27. The van der Waals surface area contributed by atoms with Crippen LogP contribution in [0.1, 0.15) is 16.3 Å². The quantitative estimate of drug-likeness (QED) is 0.355. The van der Waals surface area contributed by atoms with Crippen LogP contribution in [0.5, 0.6) is 0 Å². The molecule has 3 aromatic rings. The number of ether oxygens (including phenoxy) is 1. The van der Waals surface area contributed by atoms with E-state index < -0.39 is 5.97 Å². The summed E-state index contributed by atoms with van der Waals surface area (Å²) >= 11 is 1.41. The van der Waals surface area contributed by atoms with Crippen LogP contribution in [0.25, 0.3) is 11.4 Å². The second kappa shape index (κ2) is 8.01. The fraction of sp³-hybridized carbons (Fsp3) is 0.167. The van der Waals surface area contributed by atoms with E-state index in [9.17, 15) is 9.18 Å². The van der Waals surface area contributed by atoms with E-state index in [0.29, 0.717) is 29.0 Å². The number of carbonyl (C=O) groups excluding carboxylic acids is 1. The van der Waals surface area contributed by atoms with Crippen molar-refractivity contribution in [1.29, 1.82) is 0 Å². The van der Waals surface area contributed by atoms with Gasteiger partial charge in [0.05, 0.1) is 12.9 Å². The first-order chi connectivity index (χ1) is 12.6. The van der Waals surface area contributed by atoms with Crippen molar-refractivity contribution in [2.24, 2.45) is 0 Å². The van der Waals surface area contributed by atoms with Crippen molar-refractivity contribution in [3.63, 3.8) is 0 Å². The fourth-order valence-electron chi connectivity index (χ4n) is 2.30. The summed E-state index contributed by atoms with van der Waals surface area (Å²) in [5.41, 5.74) is 0.763. The largest absolute Gasteiger partial charge is 0.463 e. The molecular formula is C18H16FN3O3S. The Morgan fingerprint density at radius 3 is 2.77 bits per heavy atom. The Kier molecular flexibility index (Phi) is 5.52. The smallest absolute Gasteiger partial charge is 0.373 e. The predicted octanol–water partition coefficient (Wildman–Crippen LogP) is 3.94. The summed E-state index contributed by atoms with van der Waals surface area (Å²) in [6.45, 7) is 4.27. The lowest BCUT2D eigenvalue weighted by molar-refractivity contribution is 0.0563. The van der Waals surface area contributed by atoms with Crippen molar-refractivity contribution in [2.45, 2.75) is 17.5 Å². The number of nitrogens with zero attached hydrogens (tertiary/aromatic N) is 3. The van der Waals surface area contributed by atoms with Crippen LogP contribution in [0.15, 0.2) is 58.6 Å². The van der Waals surface area contributed by atoms with Gasteiger partial charge in [-0.25, -0.2) is 9.18 Å². The van der Waals surface area contributed by atoms with Crippen LogP contribution < -0.4 is 0 Å². The summed E-state index contributed by atoms with van der Waals surface area (Å²) in [7, 11) is 1.30. The number of esters is 1. The predicted molar refractivity (Wildman–Crippen MR) is 95.2 cm³/mol. The molecule has 6 nitrogen and oxygen atoms in total. The Hall–Kier alpha value is -2.87. The number of thioether (sulfide) groups is 1. The monoisotopic (exact) mass is 373 g/mol. The third-order valence-corrected chi connectivity index (χ3v) is 4.51. The van der Waals surface area contributed by atoms with Crippen LogP contribution in [0.3, 0.4) is 0 Å². The van der Waals surface area contributed by atoms with E-state index in [2.05, 4.69) is 21.5 Å². The van der Waals surface area contributed by atoms with Gasteiger partial charge in [-0.1, -0.05) is 17.8 Å². The Bertz CT molecular complexity index is 918. The Balaban J connectivity index is 1.79. The van der Waals surface area contributed by atoms with E-state index >= 15 is 0 Å². The Morgan fingerprint density at radius 2 is 2.08 bits per heavy atom. The first kappa shape index (κ1) is 17.9. The van der Waals surface area contributed by atoms with Gasteiger partial charge in [0.15, 0.2) is 11.0 Å². The summed E-state index contributed by atoms with van der Waals surface area (Å²) in [4.78, 5) is 11.4. The average Bonchev–Trinajstić information content (AvgIpc) is 3.28. The molecule has 0 aliphatic carbocycles. The summed E-state index contributed by atoms with van der Waals surface area (Å²) in [5.74, 6) is 1.04. The molecule has 8 heteroatoms. The summed E-state index contributed by atoms with van der Waals surface area (Å²) in [6.07, 6.45) is 1.74. The zero-order valence-electron chi connectivity index (χ0n) is 14.0. The first-order valence-corrected chi connectivity index (χ1v) is 8.70. The molecule has 0 unspecified atom stereocenters. The van der Waals surface area contributed by atoms with Crippen LogP contribution in [-0.4, -0.2) is 27.8 Å². The van der Waals surface area contributed by atoms with Crippen molar-refractivity contribution in [3.8, 4) is 11.4 Å². The van der Waals surface area contributed by atoms with Gasteiger partial charge in [-0.3, -0.25) is 4.57 Å². The third kappa shape index (κ3) is 3.85. The number of hydrogen-bond donors (Lipinski definition) is 0. The van der Waals surface area contributed by atoms with Crippen molar-refractivity contribution in [1.82, 2.24) is 14.8 Å². The number of rotatable bonds is 7. The van der Waals surface area contributed by atoms with E-state index in [1.54, 1.807) is 30.3 Å². The highest BCUT2D eigenvalue weighted by Gasteiger charge is 2.16. The SMILES string of the molecule is C=CCn1c(SCc2ccc(C(=O)OC)o2)nnc1-c1ccc(F)cc1. The molecule has 0 saturated carbocycles. The molecule has 0 spiro atoms. The number of halogens is 1.